The van der Waals surface area contributed by atoms with Crippen LogP contribution in [0.4, 0.5) is 0 Å². The lowest BCUT2D eigenvalue weighted by Crippen LogP contribution is -2.19. The Bertz CT molecular complexity index is 453. The van der Waals surface area contributed by atoms with Crippen LogP contribution in [0.15, 0.2) is 12.3 Å². The van der Waals surface area contributed by atoms with Gasteiger partial charge in [0.05, 0.1) is 6.61 Å². The summed E-state index contributed by atoms with van der Waals surface area (Å²) in [6.07, 6.45) is 5.83. The van der Waals surface area contributed by atoms with E-state index in [9.17, 15) is 4.79 Å². The molecule has 4 nitrogen and oxygen atoms in total. The highest BCUT2D eigenvalue weighted by molar-refractivity contribution is 5.78. The molecule has 0 unspecified atom stereocenters. The van der Waals surface area contributed by atoms with Crippen LogP contribution in [-0.2, 0) is 0 Å². The van der Waals surface area contributed by atoms with Crippen LogP contribution >= 0.6 is 0 Å². The average molecular weight is 264 g/mol. The summed E-state index contributed by atoms with van der Waals surface area (Å²) >= 11 is 0. The Labute approximate surface area is 115 Å². The van der Waals surface area contributed by atoms with Gasteiger partial charge in [-0.1, -0.05) is 27.7 Å². The Kier molecular flexibility index (Phi) is 3.70. The maximum Gasteiger partial charge on any atom is 0.247 e. The first-order chi connectivity index (χ1) is 8.77. The number of hydrogen-bond acceptors (Lipinski definition) is 3. The molecule has 0 amide bonds. The van der Waals surface area contributed by atoms with Gasteiger partial charge >= 0.3 is 0 Å². The van der Waals surface area contributed by atoms with Crippen molar-refractivity contribution in [3.8, 4) is 5.88 Å². The van der Waals surface area contributed by atoms with Crippen LogP contribution in [0.25, 0.3) is 0 Å². The van der Waals surface area contributed by atoms with Gasteiger partial charge in [-0.2, -0.15) is 0 Å². The fraction of sp³-hybridized carbons (Fsp3) is 0.733. The molecule has 1 fully saturated rings. The van der Waals surface area contributed by atoms with Gasteiger partial charge in [-0.3, -0.25) is 4.79 Å². The Balaban J connectivity index is 1.82. The second-order valence-corrected chi connectivity index (χ2v) is 7.14. The molecule has 0 aliphatic heterocycles. The van der Waals surface area contributed by atoms with Gasteiger partial charge in [-0.25, -0.2) is 4.68 Å². The van der Waals surface area contributed by atoms with Crippen molar-refractivity contribution in [1.29, 1.82) is 0 Å². The van der Waals surface area contributed by atoms with Gasteiger partial charge in [0, 0.05) is 18.7 Å². The third kappa shape index (κ3) is 4.37. The standard InChI is InChI=1S/C15H24N2O2/c1-14(2,3)11-13(18)17-9-5-12(16-17)19-10-8-15(4)6-7-15/h5,9H,6-8,10-11H2,1-4H3. The summed E-state index contributed by atoms with van der Waals surface area (Å²) in [5, 5.41) is 4.18. The number of aromatic nitrogens is 2. The zero-order valence-corrected chi connectivity index (χ0v) is 12.4. The molecule has 106 valence electrons. The zero-order chi connectivity index (χ0) is 14.1. The molecule has 0 N–H and O–H groups in total. The highest BCUT2D eigenvalue weighted by Crippen LogP contribution is 2.47. The van der Waals surface area contributed by atoms with Crippen LogP contribution in [0.1, 0.15) is 58.2 Å². The van der Waals surface area contributed by atoms with E-state index < -0.39 is 0 Å². The van der Waals surface area contributed by atoms with Gasteiger partial charge < -0.3 is 4.74 Å². The van der Waals surface area contributed by atoms with Crippen LogP contribution in [0.2, 0.25) is 0 Å². The maximum absolute atomic E-state index is 12.0. The summed E-state index contributed by atoms with van der Waals surface area (Å²) in [5.41, 5.74) is 0.467. The quantitative estimate of drug-likeness (QED) is 0.817. The largest absolute Gasteiger partial charge is 0.477 e. The predicted octanol–water partition coefficient (Wildman–Crippen LogP) is 3.53. The number of ether oxygens (including phenoxy) is 1. The summed E-state index contributed by atoms with van der Waals surface area (Å²) in [7, 11) is 0. The Hall–Kier alpha value is -1.32. The minimum absolute atomic E-state index is 0.0107. The molecular weight excluding hydrogens is 240 g/mol. The molecule has 1 aromatic rings. The first-order valence-corrected chi connectivity index (χ1v) is 6.99. The number of rotatable bonds is 5. The lowest BCUT2D eigenvalue weighted by atomic mass is 9.92. The molecule has 1 saturated carbocycles. The van der Waals surface area contributed by atoms with E-state index in [0.29, 0.717) is 24.3 Å². The molecule has 2 rings (SSSR count). The fourth-order valence-electron chi connectivity index (χ4n) is 1.92. The molecule has 19 heavy (non-hydrogen) atoms. The normalized spacial score (nSPS) is 17.3. The number of hydrogen-bond donors (Lipinski definition) is 0. The van der Waals surface area contributed by atoms with E-state index in [1.807, 2.05) is 20.8 Å². The Morgan fingerprint density at radius 3 is 2.74 bits per heavy atom. The SMILES string of the molecule is CC(C)(C)CC(=O)n1ccc(OCCC2(C)CC2)n1. The molecule has 1 aliphatic carbocycles. The summed E-state index contributed by atoms with van der Waals surface area (Å²) in [4.78, 5) is 12.0. The Morgan fingerprint density at radius 1 is 1.47 bits per heavy atom. The number of carbonyl (C=O) groups is 1. The molecule has 4 heteroatoms. The lowest BCUT2D eigenvalue weighted by Gasteiger charge is -2.16. The third-order valence-corrected chi connectivity index (χ3v) is 3.56. The van der Waals surface area contributed by atoms with Crippen LogP contribution < -0.4 is 4.74 Å². The zero-order valence-electron chi connectivity index (χ0n) is 12.4. The van der Waals surface area contributed by atoms with Gasteiger partial charge in [-0.05, 0) is 30.1 Å². The third-order valence-electron chi connectivity index (χ3n) is 3.56. The van der Waals surface area contributed by atoms with E-state index in [4.69, 9.17) is 4.74 Å². The van der Waals surface area contributed by atoms with Gasteiger partial charge in [0.2, 0.25) is 11.8 Å². The predicted molar refractivity (Wildman–Crippen MR) is 74.4 cm³/mol. The van der Waals surface area contributed by atoms with Crippen LogP contribution in [0.5, 0.6) is 5.88 Å². The molecule has 0 radical (unpaired) electrons. The number of carbonyl (C=O) groups excluding carboxylic acids is 1. The van der Waals surface area contributed by atoms with E-state index in [-0.39, 0.29) is 11.3 Å². The minimum Gasteiger partial charge on any atom is -0.477 e. The molecule has 0 bridgehead atoms. The molecule has 1 heterocycles. The van der Waals surface area contributed by atoms with Crippen molar-refractivity contribution in [3.05, 3.63) is 12.3 Å². The molecule has 0 aromatic carbocycles. The van der Waals surface area contributed by atoms with Gasteiger partial charge in [0.25, 0.3) is 0 Å². The van der Waals surface area contributed by atoms with E-state index in [0.717, 1.165) is 6.42 Å². The molecule has 0 saturated heterocycles. The number of nitrogens with zero attached hydrogens (tertiary/aromatic N) is 2. The second-order valence-electron chi connectivity index (χ2n) is 7.14. The highest BCUT2D eigenvalue weighted by Gasteiger charge is 2.36. The van der Waals surface area contributed by atoms with Crippen molar-refractivity contribution < 1.29 is 9.53 Å². The second kappa shape index (κ2) is 4.99. The highest BCUT2D eigenvalue weighted by atomic mass is 16.5. The first kappa shape index (κ1) is 14.1. The monoisotopic (exact) mass is 264 g/mol. The van der Waals surface area contributed by atoms with E-state index >= 15 is 0 Å². The fourth-order valence-corrected chi connectivity index (χ4v) is 1.92. The molecule has 0 atom stereocenters. The lowest BCUT2D eigenvalue weighted by molar-refractivity contribution is 0.0837. The summed E-state index contributed by atoms with van der Waals surface area (Å²) in [6.45, 7) is 9.09. The van der Waals surface area contributed by atoms with Crippen molar-refractivity contribution in [2.24, 2.45) is 10.8 Å². The Morgan fingerprint density at radius 2 is 2.16 bits per heavy atom. The molecular formula is C15H24N2O2. The average Bonchev–Trinajstić information content (AvgIpc) is 2.83. The van der Waals surface area contributed by atoms with Crippen LogP contribution in [-0.4, -0.2) is 22.3 Å². The van der Waals surface area contributed by atoms with Crippen molar-refractivity contribution in [1.82, 2.24) is 9.78 Å². The summed E-state index contributed by atoms with van der Waals surface area (Å²) in [5.74, 6) is 0.558. The summed E-state index contributed by atoms with van der Waals surface area (Å²) in [6, 6.07) is 1.76. The van der Waals surface area contributed by atoms with E-state index in [1.165, 1.54) is 17.5 Å². The van der Waals surface area contributed by atoms with Gasteiger partial charge in [0.15, 0.2) is 0 Å². The van der Waals surface area contributed by atoms with E-state index in [1.54, 1.807) is 12.3 Å². The topological polar surface area (TPSA) is 44.1 Å². The van der Waals surface area contributed by atoms with Crippen molar-refractivity contribution in [2.75, 3.05) is 6.61 Å². The van der Waals surface area contributed by atoms with Gasteiger partial charge in [0.1, 0.15) is 0 Å². The smallest absolute Gasteiger partial charge is 0.247 e. The summed E-state index contributed by atoms with van der Waals surface area (Å²) < 4.78 is 6.99. The first-order valence-electron chi connectivity index (χ1n) is 6.99. The molecule has 1 aromatic heterocycles. The van der Waals surface area contributed by atoms with Gasteiger partial charge in [-0.15, -0.1) is 5.10 Å². The molecule has 1 aliphatic rings. The van der Waals surface area contributed by atoms with Crippen LogP contribution in [0.3, 0.4) is 0 Å². The van der Waals surface area contributed by atoms with Crippen molar-refractivity contribution >= 4 is 5.91 Å². The molecule has 0 spiro atoms. The maximum atomic E-state index is 12.0. The van der Waals surface area contributed by atoms with E-state index in [2.05, 4.69) is 12.0 Å². The van der Waals surface area contributed by atoms with Crippen LogP contribution in [0, 0.1) is 10.8 Å². The van der Waals surface area contributed by atoms with Crippen molar-refractivity contribution in [2.45, 2.75) is 53.4 Å². The minimum atomic E-state index is -0.0232. The van der Waals surface area contributed by atoms with Crippen molar-refractivity contribution in [3.63, 3.8) is 0 Å².